The number of carbonyl (C=O) groups is 3. The minimum Gasteiger partial charge on any atom is -0.462 e. The molecule has 0 heterocycles. The van der Waals surface area contributed by atoms with E-state index in [-0.39, 0.29) is 31.1 Å². The summed E-state index contributed by atoms with van der Waals surface area (Å²) in [4.78, 5) is 37.8. The molecule has 0 amide bonds. The van der Waals surface area contributed by atoms with Gasteiger partial charge < -0.3 is 14.2 Å². The number of unbranched alkanes of at least 4 members (excludes halogenated alkanes) is 23. The Morgan fingerprint density at radius 2 is 0.600 bits per heavy atom. The van der Waals surface area contributed by atoms with Crippen LogP contribution in [0.1, 0.15) is 252 Å². The molecule has 0 aliphatic carbocycles. The standard InChI is InChI=1S/C59H100O6/c1-4-7-10-13-16-18-20-22-24-25-26-27-28-29-30-31-32-33-35-36-38-40-43-46-49-52-58(61)64-55-56(54-63-57(60)51-48-45-42-15-12-9-6-3)65-59(62)53-50-47-44-41-39-37-34-23-21-19-17-14-11-8-5-2/h7,10,16,18,22,24,26-27,29-30,32-33,36,38,56H,4-6,8-9,11-15,17,19-21,23,25,28,31,34-35,37,39-55H2,1-3H3/b10-7-,18-16-,24-22-,27-26-,30-29-,33-32-,38-36-. The summed E-state index contributed by atoms with van der Waals surface area (Å²) < 4.78 is 16.7. The Morgan fingerprint density at radius 3 is 0.938 bits per heavy atom. The van der Waals surface area contributed by atoms with Gasteiger partial charge in [0.1, 0.15) is 13.2 Å². The van der Waals surface area contributed by atoms with Gasteiger partial charge in [-0.3, -0.25) is 14.4 Å². The van der Waals surface area contributed by atoms with Crippen LogP contribution in [0.3, 0.4) is 0 Å². The van der Waals surface area contributed by atoms with Crippen LogP contribution in [0.2, 0.25) is 0 Å². The fraction of sp³-hybridized carbons (Fsp3) is 0.712. The number of rotatable bonds is 48. The molecule has 0 spiro atoms. The highest BCUT2D eigenvalue weighted by Crippen LogP contribution is 2.15. The Labute approximate surface area is 401 Å². The molecule has 1 unspecified atom stereocenters. The van der Waals surface area contributed by atoms with Crippen LogP contribution in [0.5, 0.6) is 0 Å². The summed E-state index contributed by atoms with van der Waals surface area (Å²) in [6.07, 6.45) is 68.7. The van der Waals surface area contributed by atoms with Gasteiger partial charge in [0, 0.05) is 19.3 Å². The zero-order valence-corrected chi connectivity index (χ0v) is 42.5. The van der Waals surface area contributed by atoms with Crippen LogP contribution in [0.25, 0.3) is 0 Å². The van der Waals surface area contributed by atoms with Crippen LogP contribution in [0.15, 0.2) is 85.1 Å². The summed E-state index contributed by atoms with van der Waals surface area (Å²) in [5.74, 6) is -0.923. The molecule has 0 aliphatic rings. The van der Waals surface area contributed by atoms with Crippen LogP contribution >= 0.6 is 0 Å². The van der Waals surface area contributed by atoms with Gasteiger partial charge in [-0.05, 0) is 77.0 Å². The van der Waals surface area contributed by atoms with Crippen molar-refractivity contribution >= 4 is 17.9 Å². The average molecular weight is 905 g/mol. The molecule has 0 bridgehead atoms. The highest BCUT2D eigenvalue weighted by molar-refractivity contribution is 5.71. The second-order valence-electron chi connectivity index (χ2n) is 17.8. The van der Waals surface area contributed by atoms with E-state index >= 15 is 0 Å². The zero-order chi connectivity index (χ0) is 47.2. The molecular weight excluding hydrogens is 805 g/mol. The summed E-state index contributed by atoms with van der Waals surface area (Å²) in [7, 11) is 0. The van der Waals surface area contributed by atoms with E-state index in [9.17, 15) is 14.4 Å². The molecule has 0 fully saturated rings. The summed E-state index contributed by atoms with van der Waals surface area (Å²) >= 11 is 0. The van der Waals surface area contributed by atoms with Crippen molar-refractivity contribution < 1.29 is 28.6 Å². The van der Waals surface area contributed by atoms with Crippen molar-refractivity contribution in [1.82, 2.24) is 0 Å². The first-order valence-corrected chi connectivity index (χ1v) is 27.1. The van der Waals surface area contributed by atoms with Crippen molar-refractivity contribution in [3.63, 3.8) is 0 Å². The third-order valence-electron chi connectivity index (χ3n) is 11.4. The van der Waals surface area contributed by atoms with Crippen LogP contribution in [-0.4, -0.2) is 37.2 Å². The Kier molecular flexibility index (Phi) is 50.4. The number of allylic oxidation sites excluding steroid dienone is 14. The molecule has 0 aromatic heterocycles. The molecule has 0 aromatic carbocycles. The lowest BCUT2D eigenvalue weighted by atomic mass is 10.0. The lowest BCUT2D eigenvalue weighted by molar-refractivity contribution is -0.167. The van der Waals surface area contributed by atoms with Crippen LogP contribution in [0, 0.1) is 0 Å². The van der Waals surface area contributed by atoms with E-state index in [0.717, 1.165) is 109 Å². The number of esters is 3. The summed E-state index contributed by atoms with van der Waals surface area (Å²) in [6, 6.07) is 0. The van der Waals surface area contributed by atoms with Gasteiger partial charge in [-0.15, -0.1) is 0 Å². The molecule has 0 aliphatic heterocycles. The van der Waals surface area contributed by atoms with Crippen LogP contribution in [0.4, 0.5) is 0 Å². The van der Waals surface area contributed by atoms with Gasteiger partial charge in [-0.2, -0.15) is 0 Å². The third kappa shape index (κ3) is 51.4. The van der Waals surface area contributed by atoms with E-state index in [1.165, 1.54) is 103 Å². The van der Waals surface area contributed by atoms with E-state index in [4.69, 9.17) is 14.2 Å². The van der Waals surface area contributed by atoms with E-state index in [0.29, 0.717) is 19.3 Å². The van der Waals surface area contributed by atoms with Crippen LogP contribution in [-0.2, 0) is 28.6 Å². The lowest BCUT2D eigenvalue weighted by Crippen LogP contribution is -2.30. The Balaban J connectivity index is 4.28. The second-order valence-corrected chi connectivity index (χ2v) is 17.8. The van der Waals surface area contributed by atoms with Crippen molar-refractivity contribution in [2.24, 2.45) is 0 Å². The first kappa shape index (κ1) is 61.6. The molecule has 0 radical (unpaired) electrons. The fourth-order valence-electron chi connectivity index (χ4n) is 7.36. The average Bonchev–Trinajstić information content (AvgIpc) is 3.30. The van der Waals surface area contributed by atoms with E-state index in [1.54, 1.807) is 0 Å². The number of carbonyl (C=O) groups excluding carboxylic acids is 3. The highest BCUT2D eigenvalue weighted by Gasteiger charge is 2.19. The van der Waals surface area contributed by atoms with Crippen molar-refractivity contribution in [3.8, 4) is 0 Å². The summed E-state index contributed by atoms with van der Waals surface area (Å²) in [5.41, 5.74) is 0. The molecular formula is C59H100O6. The van der Waals surface area contributed by atoms with Crippen molar-refractivity contribution in [1.29, 1.82) is 0 Å². The molecule has 65 heavy (non-hydrogen) atoms. The molecule has 0 rings (SSSR count). The summed E-state index contributed by atoms with van der Waals surface area (Å²) in [5, 5.41) is 0. The van der Waals surface area contributed by atoms with Gasteiger partial charge in [0.15, 0.2) is 6.10 Å². The summed E-state index contributed by atoms with van der Waals surface area (Å²) in [6.45, 7) is 6.46. The SMILES string of the molecule is CC/C=C\C/C=C\C/C=C\C/C=C\C/C=C\C/C=C\C/C=C\CCCCCC(=O)OCC(COC(=O)CCCCCCCCC)OC(=O)CCCCCCCCCCCCCCCCC. The molecule has 0 saturated heterocycles. The van der Waals surface area contributed by atoms with Gasteiger partial charge in [0.05, 0.1) is 0 Å². The smallest absolute Gasteiger partial charge is 0.306 e. The predicted molar refractivity (Wildman–Crippen MR) is 279 cm³/mol. The monoisotopic (exact) mass is 905 g/mol. The van der Waals surface area contributed by atoms with Crippen LogP contribution < -0.4 is 0 Å². The first-order valence-electron chi connectivity index (χ1n) is 27.1. The molecule has 1 atom stereocenters. The van der Waals surface area contributed by atoms with Crippen molar-refractivity contribution in [2.45, 2.75) is 258 Å². The predicted octanol–water partition coefficient (Wildman–Crippen LogP) is 18.0. The van der Waals surface area contributed by atoms with Crippen molar-refractivity contribution in [3.05, 3.63) is 85.1 Å². The van der Waals surface area contributed by atoms with E-state index in [2.05, 4.69) is 106 Å². The van der Waals surface area contributed by atoms with Crippen molar-refractivity contribution in [2.75, 3.05) is 13.2 Å². The Morgan fingerprint density at radius 1 is 0.323 bits per heavy atom. The largest absolute Gasteiger partial charge is 0.462 e. The molecule has 372 valence electrons. The molecule has 0 aromatic rings. The highest BCUT2D eigenvalue weighted by atomic mass is 16.6. The molecule has 0 saturated carbocycles. The number of hydrogen-bond acceptors (Lipinski definition) is 6. The second kappa shape index (κ2) is 53.2. The zero-order valence-electron chi connectivity index (χ0n) is 42.5. The van der Waals surface area contributed by atoms with Gasteiger partial charge in [-0.1, -0.05) is 241 Å². The van der Waals surface area contributed by atoms with Gasteiger partial charge in [-0.25, -0.2) is 0 Å². The topological polar surface area (TPSA) is 78.9 Å². The van der Waals surface area contributed by atoms with Gasteiger partial charge in [0.25, 0.3) is 0 Å². The normalized spacial score (nSPS) is 12.7. The van der Waals surface area contributed by atoms with E-state index < -0.39 is 6.10 Å². The molecule has 6 nitrogen and oxygen atoms in total. The lowest BCUT2D eigenvalue weighted by Gasteiger charge is -2.18. The number of hydrogen-bond donors (Lipinski definition) is 0. The minimum absolute atomic E-state index is 0.0852. The third-order valence-corrected chi connectivity index (χ3v) is 11.4. The van der Waals surface area contributed by atoms with Gasteiger partial charge in [0.2, 0.25) is 0 Å². The van der Waals surface area contributed by atoms with Gasteiger partial charge >= 0.3 is 17.9 Å². The molecule has 6 heteroatoms. The van der Waals surface area contributed by atoms with E-state index in [1.807, 2.05) is 0 Å². The maximum Gasteiger partial charge on any atom is 0.306 e. The quantitative estimate of drug-likeness (QED) is 0.0262. The Bertz CT molecular complexity index is 1270. The Hall–Kier alpha value is -3.41. The maximum atomic E-state index is 12.8. The molecule has 0 N–H and O–H groups in total. The minimum atomic E-state index is -0.785. The first-order chi connectivity index (χ1) is 32.0. The maximum absolute atomic E-state index is 12.8. The number of ether oxygens (including phenoxy) is 3. The fourth-order valence-corrected chi connectivity index (χ4v) is 7.36.